The van der Waals surface area contributed by atoms with Crippen LogP contribution in [0.2, 0.25) is 0 Å². The number of aryl methyl sites for hydroxylation is 1. The smallest absolute Gasteiger partial charge is 0.226 e. The summed E-state index contributed by atoms with van der Waals surface area (Å²) in [6.07, 6.45) is 3.51. The van der Waals surface area contributed by atoms with Gasteiger partial charge < -0.3 is 4.42 Å². The first kappa shape index (κ1) is 10.7. The predicted molar refractivity (Wildman–Crippen MR) is 69.9 cm³/mol. The molecule has 0 saturated heterocycles. The number of nitrogens with zero attached hydrogens (tertiary/aromatic N) is 2. The van der Waals surface area contributed by atoms with Gasteiger partial charge in [-0.1, -0.05) is 18.2 Å². The van der Waals surface area contributed by atoms with Gasteiger partial charge in [0.25, 0.3) is 0 Å². The van der Waals surface area contributed by atoms with Gasteiger partial charge in [0.05, 0.1) is 0 Å². The van der Waals surface area contributed by atoms with Gasteiger partial charge in [0.15, 0.2) is 0 Å². The van der Waals surface area contributed by atoms with Crippen molar-refractivity contribution >= 4 is 0 Å². The summed E-state index contributed by atoms with van der Waals surface area (Å²) in [6, 6.07) is 13.8. The summed E-state index contributed by atoms with van der Waals surface area (Å²) in [5, 5.41) is 0. The molecule has 0 atom stereocenters. The highest BCUT2D eigenvalue weighted by atomic mass is 16.4. The fraction of sp³-hybridized carbons (Fsp3) is 0.0667. The summed E-state index contributed by atoms with van der Waals surface area (Å²) < 4.78 is 5.72. The molecule has 0 aliphatic heterocycles. The highest BCUT2D eigenvalue weighted by Gasteiger charge is 2.12. The molecule has 2 heterocycles. The highest BCUT2D eigenvalue weighted by Crippen LogP contribution is 2.27. The Labute approximate surface area is 105 Å². The average Bonchev–Trinajstić information content (AvgIpc) is 2.83. The summed E-state index contributed by atoms with van der Waals surface area (Å²) in [7, 11) is 0. The van der Waals surface area contributed by atoms with Crippen LogP contribution in [-0.4, -0.2) is 9.97 Å². The zero-order valence-electron chi connectivity index (χ0n) is 10.00. The standard InChI is InChI=1S/C15H12N2O/c1-11-14(12-7-9-16-10-8-12)17-15(18-11)13-5-3-2-4-6-13/h2-10H,1H3. The lowest BCUT2D eigenvalue weighted by Crippen LogP contribution is -1.81. The third-order valence-corrected chi connectivity index (χ3v) is 2.77. The Bertz CT molecular complexity index is 645. The van der Waals surface area contributed by atoms with Gasteiger partial charge in [0.2, 0.25) is 5.89 Å². The lowest BCUT2D eigenvalue weighted by Gasteiger charge is -1.94. The van der Waals surface area contributed by atoms with Gasteiger partial charge in [-0.3, -0.25) is 4.98 Å². The monoisotopic (exact) mass is 236 g/mol. The van der Waals surface area contributed by atoms with E-state index in [-0.39, 0.29) is 0 Å². The molecule has 0 aliphatic rings. The van der Waals surface area contributed by atoms with Gasteiger partial charge in [-0.05, 0) is 31.2 Å². The molecule has 0 amide bonds. The molecule has 0 radical (unpaired) electrons. The van der Waals surface area contributed by atoms with E-state index in [0.717, 1.165) is 22.6 Å². The number of rotatable bonds is 2. The third-order valence-electron chi connectivity index (χ3n) is 2.77. The van der Waals surface area contributed by atoms with E-state index in [0.29, 0.717) is 5.89 Å². The van der Waals surface area contributed by atoms with Gasteiger partial charge in [0, 0.05) is 23.5 Å². The molecule has 88 valence electrons. The van der Waals surface area contributed by atoms with Crippen LogP contribution in [0.1, 0.15) is 5.76 Å². The fourth-order valence-electron chi connectivity index (χ4n) is 1.88. The van der Waals surface area contributed by atoms with E-state index in [1.807, 2.05) is 49.4 Å². The van der Waals surface area contributed by atoms with Crippen molar-refractivity contribution in [3.05, 3.63) is 60.6 Å². The summed E-state index contributed by atoms with van der Waals surface area (Å²) in [4.78, 5) is 8.56. The van der Waals surface area contributed by atoms with Crippen molar-refractivity contribution in [2.45, 2.75) is 6.92 Å². The molecule has 3 aromatic rings. The Morgan fingerprint density at radius 2 is 1.61 bits per heavy atom. The Kier molecular flexibility index (Phi) is 2.65. The summed E-state index contributed by atoms with van der Waals surface area (Å²) in [5.74, 6) is 1.47. The van der Waals surface area contributed by atoms with E-state index in [9.17, 15) is 0 Å². The molecule has 0 aliphatic carbocycles. The molecule has 0 bridgehead atoms. The first-order valence-electron chi connectivity index (χ1n) is 5.78. The molecule has 18 heavy (non-hydrogen) atoms. The Balaban J connectivity index is 2.07. The number of hydrogen-bond donors (Lipinski definition) is 0. The molecule has 0 saturated carbocycles. The summed E-state index contributed by atoms with van der Waals surface area (Å²) in [6.45, 7) is 1.93. The normalized spacial score (nSPS) is 10.5. The molecule has 3 nitrogen and oxygen atoms in total. The zero-order chi connectivity index (χ0) is 12.4. The molecule has 3 rings (SSSR count). The van der Waals surface area contributed by atoms with Crippen LogP contribution in [0, 0.1) is 6.92 Å². The first-order chi connectivity index (χ1) is 8.84. The number of hydrogen-bond acceptors (Lipinski definition) is 3. The van der Waals surface area contributed by atoms with Crippen molar-refractivity contribution in [2.24, 2.45) is 0 Å². The van der Waals surface area contributed by atoms with Crippen LogP contribution in [0.3, 0.4) is 0 Å². The van der Waals surface area contributed by atoms with Crippen LogP contribution in [0.4, 0.5) is 0 Å². The fourth-order valence-corrected chi connectivity index (χ4v) is 1.88. The van der Waals surface area contributed by atoms with Crippen molar-refractivity contribution in [1.82, 2.24) is 9.97 Å². The van der Waals surface area contributed by atoms with E-state index < -0.39 is 0 Å². The van der Waals surface area contributed by atoms with Gasteiger partial charge in [0.1, 0.15) is 11.5 Å². The first-order valence-corrected chi connectivity index (χ1v) is 5.78. The Morgan fingerprint density at radius 3 is 2.33 bits per heavy atom. The molecule has 3 heteroatoms. The molecule has 1 aromatic carbocycles. The van der Waals surface area contributed by atoms with Crippen LogP contribution in [-0.2, 0) is 0 Å². The largest absolute Gasteiger partial charge is 0.441 e. The van der Waals surface area contributed by atoms with Gasteiger partial charge in [-0.2, -0.15) is 0 Å². The van der Waals surface area contributed by atoms with Crippen LogP contribution in [0.5, 0.6) is 0 Å². The molecule has 2 aromatic heterocycles. The highest BCUT2D eigenvalue weighted by molar-refractivity contribution is 5.64. The maximum atomic E-state index is 5.72. The van der Waals surface area contributed by atoms with E-state index in [4.69, 9.17) is 4.42 Å². The Morgan fingerprint density at radius 1 is 0.889 bits per heavy atom. The molecule has 0 N–H and O–H groups in total. The maximum Gasteiger partial charge on any atom is 0.226 e. The Hall–Kier alpha value is -2.42. The second kappa shape index (κ2) is 4.45. The van der Waals surface area contributed by atoms with E-state index >= 15 is 0 Å². The molecular weight excluding hydrogens is 224 g/mol. The second-order valence-corrected chi connectivity index (χ2v) is 4.03. The van der Waals surface area contributed by atoms with Crippen molar-refractivity contribution in [3.63, 3.8) is 0 Å². The predicted octanol–water partition coefficient (Wildman–Crippen LogP) is 3.71. The lowest BCUT2D eigenvalue weighted by molar-refractivity contribution is 0.543. The average molecular weight is 236 g/mol. The van der Waals surface area contributed by atoms with Gasteiger partial charge in [-0.15, -0.1) is 0 Å². The number of benzene rings is 1. The zero-order valence-corrected chi connectivity index (χ0v) is 10.00. The molecule has 0 unspecified atom stereocenters. The van der Waals surface area contributed by atoms with Crippen LogP contribution in [0.25, 0.3) is 22.7 Å². The van der Waals surface area contributed by atoms with Crippen molar-refractivity contribution in [1.29, 1.82) is 0 Å². The maximum absolute atomic E-state index is 5.72. The van der Waals surface area contributed by atoms with E-state index in [1.165, 1.54) is 0 Å². The number of pyridine rings is 1. The second-order valence-electron chi connectivity index (χ2n) is 4.03. The molecule has 0 fully saturated rings. The minimum Gasteiger partial charge on any atom is -0.441 e. The molecular formula is C15H12N2O. The minimum absolute atomic E-state index is 0.653. The number of oxazole rings is 1. The minimum atomic E-state index is 0.653. The van der Waals surface area contributed by atoms with Crippen molar-refractivity contribution in [2.75, 3.05) is 0 Å². The van der Waals surface area contributed by atoms with E-state index in [2.05, 4.69) is 9.97 Å². The van der Waals surface area contributed by atoms with Crippen LogP contribution < -0.4 is 0 Å². The summed E-state index contributed by atoms with van der Waals surface area (Å²) >= 11 is 0. The quantitative estimate of drug-likeness (QED) is 0.680. The SMILES string of the molecule is Cc1oc(-c2ccccc2)nc1-c1ccncc1. The van der Waals surface area contributed by atoms with Gasteiger partial charge >= 0.3 is 0 Å². The molecule has 0 spiro atoms. The van der Waals surface area contributed by atoms with Crippen molar-refractivity contribution in [3.8, 4) is 22.7 Å². The van der Waals surface area contributed by atoms with Crippen LogP contribution >= 0.6 is 0 Å². The van der Waals surface area contributed by atoms with Gasteiger partial charge in [-0.25, -0.2) is 4.98 Å². The topological polar surface area (TPSA) is 38.9 Å². The van der Waals surface area contributed by atoms with Crippen LogP contribution in [0.15, 0.2) is 59.3 Å². The summed E-state index contributed by atoms with van der Waals surface area (Å²) in [5.41, 5.74) is 2.88. The number of aromatic nitrogens is 2. The lowest BCUT2D eigenvalue weighted by atomic mass is 10.2. The van der Waals surface area contributed by atoms with Crippen molar-refractivity contribution < 1.29 is 4.42 Å². The van der Waals surface area contributed by atoms with E-state index in [1.54, 1.807) is 12.4 Å². The third kappa shape index (κ3) is 1.91.